The number of likely N-dealkylation sites (N-methyl/N-ethyl adjacent to an activating group) is 1. The molecule has 1 aromatic heterocycles. The molecule has 1 fully saturated rings. The molecule has 0 unspecified atom stereocenters. The number of carbonyl (C=O) groups is 1. The number of ether oxygens (including phenoxy) is 1. The molecular weight excluding hydrogens is 318 g/mol. The zero-order valence-electron chi connectivity index (χ0n) is 12.7. The van der Waals surface area contributed by atoms with Gasteiger partial charge in [0, 0.05) is 12.1 Å². The van der Waals surface area contributed by atoms with Gasteiger partial charge in [-0.15, -0.1) is 0 Å². The number of halogens is 1. The Morgan fingerprint density at radius 3 is 2.74 bits per heavy atom. The normalized spacial score (nSPS) is 20.7. The van der Waals surface area contributed by atoms with Crippen LogP contribution in [0.3, 0.4) is 0 Å². The van der Waals surface area contributed by atoms with Gasteiger partial charge in [-0.25, -0.2) is 0 Å². The van der Waals surface area contributed by atoms with E-state index in [-0.39, 0.29) is 24.3 Å². The molecule has 1 aliphatic heterocycles. The zero-order chi connectivity index (χ0) is 16.4. The van der Waals surface area contributed by atoms with Crippen LogP contribution >= 0.6 is 11.6 Å². The highest BCUT2D eigenvalue weighted by atomic mass is 35.5. The minimum absolute atomic E-state index is 0.223. The number of aliphatic hydroxyl groups is 1. The van der Waals surface area contributed by atoms with Crippen molar-refractivity contribution in [1.82, 2.24) is 4.90 Å². The Labute approximate surface area is 139 Å². The molecule has 1 aliphatic rings. The van der Waals surface area contributed by atoms with E-state index in [1.807, 2.05) is 25.1 Å². The Morgan fingerprint density at radius 1 is 1.30 bits per heavy atom. The molecule has 122 valence electrons. The summed E-state index contributed by atoms with van der Waals surface area (Å²) in [7, 11) is 0. The summed E-state index contributed by atoms with van der Waals surface area (Å²) >= 11 is 6.16. The van der Waals surface area contributed by atoms with Gasteiger partial charge in [0.15, 0.2) is 5.76 Å². The maximum atomic E-state index is 12.7. The Bertz CT molecular complexity index is 699. The van der Waals surface area contributed by atoms with Crippen LogP contribution in [0.25, 0.3) is 11.3 Å². The van der Waals surface area contributed by atoms with E-state index >= 15 is 0 Å². The van der Waals surface area contributed by atoms with Crippen LogP contribution in [0.2, 0.25) is 5.02 Å². The zero-order valence-corrected chi connectivity index (χ0v) is 13.5. The number of rotatable bonds is 4. The van der Waals surface area contributed by atoms with E-state index in [9.17, 15) is 9.90 Å². The highest BCUT2D eigenvalue weighted by molar-refractivity contribution is 6.33. The lowest BCUT2D eigenvalue weighted by molar-refractivity contribution is 0.0493. The summed E-state index contributed by atoms with van der Waals surface area (Å²) in [5.41, 5.74) is 0.737. The van der Waals surface area contributed by atoms with Crippen molar-refractivity contribution >= 4 is 17.5 Å². The second kappa shape index (κ2) is 6.74. The van der Waals surface area contributed by atoms with Crippen LogP contribution in [0.5, 0.6) is 0 Å². The van der Waals surface area contributed by atoms with Crippen LogP contribution in [0.1, 0.15) is 17.5 Å². The van der Waals surface area contributed by atoms with Crippen molar-refractivity contribution < 1.29 is 19.1 Å². The largest absolute Gasteiger partial charge is 0.451 e. The SMILES string of the molecule is CCN(C(=O)c1ccc(-c2ccccc2Cl)o1)[C@@H]1COC[C@H]1O. The van der Waals surface area contributed by atoms with Crippen molar-refractivity contribution in [2.45, 2.75) is 19.1 Å². The highest BCUT2D eigenvalue weighted by Crippen LogP contribution is 2.29. The minimum atomic E-state index is -0.670. The van der Waals surface area contributed by atoms with Gasteiger partial charge in [-0.3, -0.25) is 4.79 Å². The molecule has 2 aromatic rings. The van der Waals surface area contributed by atoms with Crippen molar-refractivity contribution in [3.05, 3.63) is 47.2 Å². The van der Waals surface area contributed by atoms with Gasteiger partial charge in [0.2, 0.25) is 0 Å². The van der Waals surface area contributed by atoms with Crippen LogP contribution in [-0.2, 0) is 4.74 Å². The molecule has 3 rings (SSSR count). The molecular formula is C17H18ClNO4. The molecule has 0 aliphatic carbocycles. The molecule has 0 saturated carbocycles. The fraction of sp³-hybridized carbons (Fsp3) is 0.353. The lowest BCUT2D eigenvalue weighted by Gasteiger charge is -2.27. The first-order chi connectivity index (χ1) is 11.1. The summed E-state index contributed by atoms with van der Waals surface area (Å²) in [5, 5.41) is 10.5. The first kappa shape index (κ1) is 16.1. The molecule has 0 radical (unpaired) electrons. The second-order valence-electron chi connectivity index (χ2n) is 5.41. The van der Waals surface area contributed by atoms with Gasteiger partial charge in [0.25, 0.3) is 5.91 Å². The number of aliphatic hydroxyl groups excluding tert-OH is 1. The predicted molar refractivity (Wildman–Crippen MR) is 86.5 cm³/mol. The Hall–Kier alpha value is -1.82. The summed E-state index contributed by atoms with van der Waals surface area (Å²) in [6.07, 6.45) is -0.670. The average Bonchev–Trinajstić information content (AvgIpc) is 3.18. The summed E-state index contributed by atoms with van der Waals surface area (Å²) in [6, 6.07) is 10.3. The van der Waals surface area contributed by atoms with E-state index in [2.05, 4.69) is 0 Å². The van der Waals surface area contributed by atoms with Gasteiger partial charge in [-0.05, 0) is 31.2 Å². The fourth-order valence-corrected chi connectivity index (χ4v) is 2.99. The lowest BCUT2D eigenvalue weighted by Crippen LogP contribution is -2.46. The molecule has 23 heavy (non-hydrogen) atoms. The Balaban J connectivity index is 1.84. The van der Waals surface area contributed by atoms with Gasteiger partial charge in [-0.2, -0.15) is 0 Å². The molecule has 2 atom stereocenters. The lowest BCUT2D eigenvalue weighted by atomic mass is 10.1. The van der Waals surface area contributed by atoms with Crippen LogP contribution < -0.4 is 0 Å². The molecule has 1 saturated heterocycles. The smallest absolute Gasteiger partial charge is 0.289 e. The molecule has 5 nitrogen and oxygen atoms in total. The number of carbonyl (C=O) groups excluding carboxylic acids is 1. The van der Waals surface area contributed by atoms with Gasteiger partial charge in [-0.1, -0.05) is 23.7 Å². The van der Waals surface area contributed by atoms with Crippen molar-refractivity contribution in [1.29, 1.82) is 0 Å². The highest BCUT2D eigenvalue weighted by Gasteiger charge is 2.35. The fourth-order valence-electron chi connectivity index (χ4n) is 2.76. The van der Waals surface area contributed by atoms with E-state index in [0.717, 1.165) is 5.56 Å². The summed E-state index contributed by atoms with van der Waals surface area (Å²) in [4.78, 5) is 14.2. The number of nitrogens with zero attached hydrogens (tertiary/aromatic N) is 1. The van der Waals surface area contributed by atoms with Crippen molar-refractivity contribution in [3.63, 3.8) is 0 Å². The minimum Gasteiger partial charge on any atom is -0.451 e. The summed E-state index contributed by atoms with van der Waals surface area (Å²) in [6.45, 7) is 2.91. The quantitative estimate of drug-likeness (QED) is 0.933. The van der Waals surface area contributed by atoms with Crippen molar-refractivity contribution in [2.75, 3.05) is 19.8 Å². The van der Waals surface area contributed by atoms with Crippen LogP contribution in [0.15, 0.2) is 40.8 Å². The van der Waals surface area contributed by atoms with Crippen molar-refractivity contribution in [2.24, 2.45) is 0 Å². The number of hydrogen-bond donors (Lipinski definition) is 1. The summed E-state index contributed by atoms with van der Waals surface area (Å²) < 4.78 is 10.9. The van der Waals surface area contributed by atoms with E-state index in [0.29, 0.717) is 23.9 Å². The average molecular weight is 336 g/mol. The van der Waals surface area contributed by atoms with Gasteiger partial charge in [0.1, 0.15) is 5.76 Å². The number of benzene rings is 1. The predicted octanol–water partition coefficient (Wildman–Crippen LogP) is 2.82. The van der Waals surface area contributed by atoms with Gasteiger partial charge >= 0.3 is 0 Å². The standard InChI is InChI=1S/C17H18ClNO4/c1-2-19(13-9-22-10-14(13)20)17(21)16-8-7-15(23-16)11-5-3-4-6-12(11)18/h3-8,13-14,20H,2,9-10H2,1H3/t13-,14-/m1/s1. The third kappa shape index (κ3) is 3.13. The first-order valence-electron chi connectivity index (χ1n) is 7.53. The molecule has 0 bridgehead atoms. The first-order valence-corrected chi connectivity index (χ1v) is 7.91. The second-order valence-corrected chi connectivity index (χ2v) is 5.81. The molecule has 2 heterocycles. The molecule has 6 heteroatoms. The number of hydrogen-bond acceptors (Lipinski definition) is 4. The molecule has 0 spiro atoms. The number of amides is 1. The van der Waals surface area contributed by atoms with Crippen molar-refractivity contribution in [3.8, 4) is 11.3 Å². The Morgan fingerprint density at radius 2 is 2.09 bits per heavy atom. The van der Waals surface area contributed by atoms with E-state index in [4.69, 9.17) is 20.8 Å². The van der Waals surface area contributed by atoms with E-state index in [1.165, 1.54) is 0 Å². The van der Waals surface area contributed by atoms with Crippen LogP contribution in [0.4, 0.5) is 0 Å². The number of furan rings is 1. The third-order valence-corrected chi connectivity index (χ3v) is 4.31. The Kier molecular flexibility index (Phi) is 4.71. The molecule has 1 aromatic carbocycles. The maximum Gasteiger partial charge on any atom is 0.289 e. The van der Waals surface area contributed by atoms with Crippen LogP contribution in [0, 0.1) is 0 Å². The summed E-state index contributed by atoms with van der Waals surface area (Å²) in [5.74, 6) is 0.499. The topological polar surface area (TPSA) is 62.9 Å². The van der Waals surface area contributed by atoms with E-state index < -0.39 is 6.10 Å². The third-order valence-electron chi connectivity index (χ3n) is 3.98. The van der Waals surface area contributed by atoms with Gasteiger partial charge in [0.05, 0.1) is 30.4 Å². The monoisotopic (exact) mass is 335 g/mol. The maximum absolute atomic E-state index is 12.7. The van der Waals surface area contributed by atoms with Crippen LogP contribution in [-0.4, -0.2) is 47.8 Å². The molecule has 1 amide bonds. The van der Waals surface area contributed by atoms with E-state index in [1.54, 1.807) is 23.1 Å². The van der Waals surface area contributed by atoms with Gasteiger partial charge < -0.3 is 19.2 Å². The molecule has 1 N–H and O–H groups in total.